The zero-order valence-electron chi connectivity index (χ0n) is 13.4. The molecule has 0 aliphatic rings. The third kappa shape index (κ3) is 3.38. The number of anilines is 1. The van der Waals surface area contributed by atoms with Gasteiger partial charge >= 0.3 is 5.13 Å². The van der Waals surface area contributed by atoms with Gasteiger partial charge in [-0.3, -0.25) is 4.79 Å². The summed E-state index contributed by atoms with van der Waals surface area (Å²) in [5, 5.41) is 9.21. The van der Waals surface area contributed by atoms with Crippen molar-refractivity contribution in [3.8, 4) is 0 Å². The third-order valence-electron chi connectivity index (χ3n) is 3.54. The molecular weight excluding hydrogens is 320 g/mol. The van der Waals surface area contributed by atoms with Crippen molar-refractivity contribution in [2.24, 2.45) is 17.3 Å². The summed E-state index contributed by atoms with van der Waals surface area (Å²) in [4.78, 5) is 13.1. The van der Waals surface area contributed by atoms with Crippen molar-refractivity contribution in [3.05, 3.63) is 70.7 Å². The number of nitrogen functional groups attached to an aromatic ring is 1. The van der Waals surface area contributed by atoms with E-state index in [9.17, 15) is 4.79 Å². The Morgan fingerprint density at radius 3 is 2.58 bits per heavy atom. The lowest BCUT2D eigenvalue weighted by molar-refractivity contribution is -0.654. The van der Waals surface area contributed by atoms with Crippen molar-refractivity contribution in [3.63, 3.8) is 0 Å². The number of ketones is 1. The normalized spacial score (nSPS) is 11.1. The fraction of sp³-hybridized carbons (Fsp3) is 0.111. The van der Waals surface area contributed by atoms with E-state index in [2.05, 4.69) is 10.2 Å². The highest BCUT2D eigenvalue weighted by molar-refractivity contribution is 7.16. The predicted molar refractivity (Wildman–Crippen MR) is 95.1 cm³/mol. The Balaban J connectivity index is 1.87. The highest BCUT2D eigenvalue weighted by Gasteiger charge is 2.19. The predicted octanol–water partition coefficient (Wildman–Crippen LogP) is 4.11. The van der Waals surface area contributed by atoms with Crippen molar-refractivity contribution in [1.82, 2.24) is 0 Å². The number of nitrogens with two attached hydrogens (primary N) is 1. The molecule has 5 nitrogen and oxygen atoms in total. The van der Waals surface area contributed by atoms with E-state index in [0.29, 0.717) is 21.3 Å². The molecule has 3 rings (SSSR count). The number of aryl methyl sites for hydroxylation is 2. The average molecular weight is 337 g/mol. The van der Waals surface area contributed by atoms with Crippen LogP contribution in [0.15, 0.2) is 65.0 Å². The van der Waals surface area contributed by atoms with E-state index in [1.165, 1.54) is 11.3 Å². The van der Waals surface area contributed by atoms with E-state index in [1.54, 1.807) is 29.0 Å². The standard InChI is InChI=1S/C18H16N4OS/c1-12-10-14(19)8-9-15(12)20-21-18-22(2)11-16(24-18)17(23)13-6-4-3-5-7-13/h3-11,19H,1-2H3/p+1. The van der Waals surface area contributed by atoms with Crippen LogP contribution in [0.2, 0.25) is 0 Å². The number of aromatic nitrogens is 1. The minimum atomic E-state index is -0.0127. The summed E-state index contributed by atoms with van der Waals surface area (Å²) in [5.74, 6) is -0.0127. The molecule has 120 valence electrons. The maximum absolute atomic E-state index is 12.5. The molecule has 0 saturated carbocycles. The van der Waals surface area contributed by atoms with Gasteiger partial charge in [0.2, 0.25) is 5.78 Å². The summed E-state index contributed by atoms with van der Waals surface area (Å²) in [6, 6.07) is 14.7. The Hall–Kier alpha value is -2.86. The molecule has 0 atom stereocenters. The van der Waals surface area contributed by atoms with E-state index in [0.717, 1.165) is 11.3 Å². The van der Waals surface area contributed by atoms with Crippen LogP contribution in [0.5, 0.6) is 0 Å². The van der Waals surface area contributed by atoms with Gasteiger partial charge in [-0.15, -0.1) is 0 Å². The molecule has 0 bridgehead atoms. The topological polar surface area (TPSA) is 71.7 Å². The van der Waals surface area contributed by atoms with Crippen molar-refractivity contribution in [2.75, 3.05) is 5.73 Å². The van der Waals surface area contributed by atoms with Gasteiger partial charge in [0.1, 0.15) is 16.8 Å². The highest BCUT2D eigenvalue weighted by atomic mass is 32.1. The van der Waals surface area contributed by atoms with Crippen molar-refractivity contribution >= 4 is 33.6 Å². The van der Waals surface area contributed by atoms with Gasteiger partial charge in [-0.05, 0) is 47.1 Å². The largest absolute Gasteiger partial charge is 0.408 e. The summed E-state index contributed by atoms with van der Waals surface area (Å²) in [6.07, 6.45) is 1.78. The smallest absolute Gasteiger partial charge is 0.399 e. The minimum Gasteiger partial charge on any atom is -0.399 e. The van der Waals surface area contributed by atoms with E-state index < -0.39 is 0 Å². The maximum Gasteiger partial charge on any atom is 0.408 e. The second kappa shape index (κ2) is 6.72. The van der Waals surface area contributed by atoms with Gasteiger partial charge in [-0.2, -0.15) is 0 Å². The average Bonchev–Trinajstić information content (AvgIpc) is 2.95. The first-order valence-corrected chi connectivity index (χ1v) is 8.23. The molecule has 0 saturated heterocycles. The number of azo groups is 1. The fourth-order valence-electron chi connectivity index (χ4n) is 2.24. The molecule has 0 unspecified atom stereocenters. The van der Waals surface area contributed by atoms with Crippen LogP contribution in [0.4, 0.5) is 16.5 Å². The molecule has 24 heavy (non-hydrogen) atoms. The third-order valence-corrected chi connectivity index (χ3v) is 4.60. The van der Waals surface area contributed by atoms with Crippen molar-refractivity contribution in [2.45, 2.75) is 6.92 Å². The lowest BCUT2D eigenvalue weighted by Crippen LogP contribution is -2.24. The van der Waals surface area contributed by atoms with E-state index in [1.807, 2.05) is 44.3 Å². The number of carbonyl (C=O) groups is 1. The van der Waals surface area contributed by atoms with Crippen LogP contribution in [-0.4, -0.2) is 5.78 Å². The molecule has 0 aliphatic carbocycles. The van der Waals surface area contributed by atoms with Crippen LogP contribution in [0, 0.1) is 6.92 Å². The van der Waals surface area contributed by atoms with Gasteiger partial charge in [0.25, 0.3) is 0 Å². The van der Waals surface area contributed by atoms with Gasteiger partial charge in [0, 0.05) is 11.3 Å². The first-order valence-electron chi connectivity index (χ1n) is 7.41. The van der Waals surface area contributed by atoms with Gasteiger partial charge < -0.3 is 5.73 Å². The molecule has 1 aromatic heterocycles. The van der Waals surface area contributed by atoms with E-state index >= 15 is 0 Å². The molecule has 2 aromatic carbocycles. The number of hydrogen-bond donors (Lipinski definition) is 1. The highest BCUT2D eigenvalue weighted by Crippen LogP contribution is 2.26. The number of carbonyl (C=O) groups excluding carboxylic acids is 1. The fourth-order valence-corrected chi connectivity index (χ4v) is 3.14. The van der Waals surface area contributed by atoms with Gasteiger partial charge in [-0.25, -0.2) is 4.57 Å². The quantitative estimate of drug-likeness (QED) is 0.337. The van der Waals surface area contributed by atoms with Crippen LogP contribution in [0.3, 0.4) is 0 Å². The molecule has 0 fully saturated rings. The molecular formula is C18H17N4OS+. The number of rotatable bonds is 4. The van der Waals surface area contributed by atoms with Gasteiger partial charge in [0.15, 0.2) is 0 Å². The molecule has 1 heterocycles. The maximum atomic E-state index is 12.5. The Labute approximate surface area is 144 Å². The van der Waals surface area contributed by atoms with Crippen LogP contribution in [0.25, 0.3) is 0 Å². The van der Waals surface area contributed by atoms with Crippen LogP contribution in [0.1, 0.15) is 20.8 Å². The molecule has 2 N–H and O–H groups in total. The monoisotopic (exact) mass is 337 g/mol. The Kier molecular flexibility index (Phi) is 4.48. The Morgan fingerprint density at radius 2 is 1.88 bits per heavy atom. The molecule has 6 heteroatoms. The number of nitrogens with zero attached hydrogens (tertiary/aromatic N) is 3. The summed E-state index contributed by atoms with van der Waals surface area (Å²) in [5.41, 5.74) is 8.82. The lowest BCUT2D eigenvalue weighted by Gasteiger charge is -1.96. The molecule has 0 aliphatic heterocycles. The van der Waals surface area contributed by atoms with E-state index in [-0.39, 0.29) is 5.78 Å². The second-order valence-corrected chi connectivity index (χ2v) is 6.44. The van der Waals surface area contributed by atoms with E-state index in [4.69, 9.17) is 5.73 Å². The zero-order chi connectivity index (χ0) is 17.1. The van der Waals surface area contributed by atoms with Crippen molar-refractivity contribution in [1.29, 1.82) is 0 Å². The second-order valence-electron chi connectivity index (χ2n) is 5.43. The molecule has 0 radical (unpaired) electrons. The number of benzene rings is 2. The number of thiazole rings is 1. The number of hydrogen-bond acceptors (Lipinski definition) is 5. The SMILES string of the molecule is Cc1cc(N)ccc1N=Nc1sc(C(=O)c2ccccc2)c[n+]1C. The molecule has 3 aromatic rings. The Morgan fingerprint density at radius 1 is 1.12 bits per heavy atom. The summed E-state index contributed by atoms with van der Waals surface area (Å²) >= 11 is 1.32. The van der Waals surface area contributed by atoms with Gasteiger partial charge in [-0.1, -0.05) is 30.3 Å². The Bertz CT molecular complexity index is 916. The zero-order valence-corrected chi connectivity index (χ0v) is 14.2. The van der Waals surface area contributed by atoms with Crippen LogP contribution >= 0.6 is 11.3 Å². The van der Waals surface area contributed by atoms with Crippen LogP contribution < -0.4 is 10.3 Å². The van der Waals surface area contributed by atoms with Crippen molar-refractivity contribution < 1.29 is 9.36 Å². The van der Waals surface area contributed by atoms with Gasteiger partial charge in [0.05, 0.1) is 12.2 Å². The summed E-state index contributed by atoms with van der Waals surface area (Å²) < 4.78 is 1.80. The van der Waals surface area contributed by atoms with Crippen LogP contribution in [-0.2, 0) is 7.05 Å². The lowest BCUT2D eigenvalue weighted by atomic mass is 10.1. The summed E-state index contributed by atoms with van der Waals surface area (Å²) in [7, 11) is 1.85. The first kappa shape index (κ1) is 16.0. The molecule has 0 amide bonds. The first-order chi connectivity index (χ1) is 11.5. The summed E-state index contributed by atoms with van der Waals surface area (Å²) in [6.45, 7) is 1.93. The molecule has 0 spiro atoms. The minimum absolute atomic E-state index is 0.0127.